The van der Waals surface area contributed by atoms with Gasteiger partial charge in [-0.2, -0.15) is 0 Å². The van der Waals surface area contributed by atoms with E-state index in [2.05, 4.69) is 24.3 Å². The molecule has 2 saturated carbocycles. The SMILES string of the molecule is NC(C1CCC1)C1C2CCc3ccccc3C21. The van der Waals surface area contributed by atoms with Crippen LogP contribution >= 0.6 is 0 Å². The lowest BCUT2D eigenvalue weighted by Gasteiger charge is -2.31. The number of aryl methyl sites for hydroxylation is 1. The van der Waals surface area contributed by atoms with Crippen molar-refractivity contribution in [2.45, 2.75) is 44.1 Å². The third-order valence-electron chi connectivity index (χ3n) is 5.53. The first kappa shape index (κ1) is 10.1. The molecule has 1 aromatic carbocycles. The van der Waals surface area contributed by atoms with Crippen molar-refractivity contribution in [2.75, 3.05) is 0 Å². The molecule has 0 radical (unpaired) electrons. The van der Waals surface area contributed by atoms with Crippen molar-refractivity contribution >= 4 is 0 Å². The van der Waals surface area contributed by atoms with Gasteiger partial charge in [0.05, 0.1) is 0 Å². The van der Waals surface area contributed by atoms with E-state index in [1.165, 1.54) is 32.1 Å². The van der Waals surface area contributed by atoms with Crippen LogP contribution in [0.3, 0.4) is 0 Å². The van der Waals surface area contributed by atoms with E-state index in [1.807, 2.05) is 0 Å². The fourth-order valence-electron chi connectivity index (χ4n) is 4.28. The maximum atomic E-state index is 6.50. The molecule has 1 heteroatoms. The minimum Gasteiger partial charge on any atom is -0.327 e. The third kappa shape index (κ3) is 1.41. The number of rotatable bonds is 2. The van der Waals surface area contributed by atoms with Gasteiger partial charge in [-0.05, 0) is 60.5 Å². The summed E-state index contributed by atoms with van der Waals surface area (Å²) in [5.74, 6) is 3.39. The van der Waals surface area contributed by atoms with Crippen molar-refractivity contribution in [1.82, 2.24) is 0 Å². The molecule has 90 valence electrons. The van der Waals surface area contributed by atoms with Crippen LogP contribution in [0.4, 0.5) is 0 Å². The van der Waals surface area contributed by atoms with Crippen molar-refractivity contribution in [2.24, 2.45) is 23.5 Å². The molecule has 4 atom stereocenters. The van der Waals surface area contributed by atoms with Gasteiger partial charge in [0.1, 0.15) is 0 Å². The topological polar surface area (TPSA) is 26.0 Å². The Bertz CT molecular complexity index is 435. The van der Waals surface area contributed by atoms with Gasteiger partial charge in [0.25, 0.3) is 0 Å². The minimum absolute atomic E-state index is 0.491. The second kappa shape index (κ2) is 3.58. The van der Waals surface area contributed by atoms with Crippen molar-refractivity contribution < 1.29 is 0 Å². The molecule has 0 aromatic heterocycles. The lowest BCUT2D eigenvalue weighted by molar-refractivity contribution is 0.237. The molecule has 2 N–H and O–H groups in total. The highest BCUT2D eigenvalue weighted by Crippen LogP contribution is 2.62. The summed E-state index contributed by atoms with van der Waals surface area (Å²) >= 11 is 0. The van der Waals surface area contributed by atoms with E-state index in [0.717, 1.165) is 23.7 Å². The molecule has 3 aliphatic rings. The summed E-state index contributed by atoms with van der Waals surface area (Å²) in [6, 6.07) is 9.54. The smallest absolute Gasteiger partial charge is 0.0104 e. The van der Waals surface area contributed by atoms with E-state index in [9.17, 15) is 0 Å². The van der Waals surface area contributed by atoms with E-state index in [4.69, 9.17) is 5.73 Å². The second-order valence-electron chi connectivity index (χ2n) is 6.27. The predicted octanol–water partition coefficient (Wildman–Crippen LogP) is 3.09. The van der Waals surface area contributed by atoms with E-state index < -0.39 is 0 Å². The molecule has 3 aliphatic carbocycles. The molecule has 1 aromatic rings. The Hall–Kier alpha value is -0.820. The van der Waals surface area contributed by atoms with Gasteiger partial charge in [-0.15, -0.1) is 0 Å². The molecule has 4 rings (SSSR count). The van der Waals surface area contributed by atoms with Gasteiger partial charge in [-0.25, -0.2) is 0 Å². The average Bonchev–Trinajstić information content (AvgIpc) is 3.01. The summed E-state index contributed by atoms with van der Waals surface area (Å²) in [6.07, 6.45) is 6.85. The van der Waals surface area contributed by atoms with Crippen molar-refractivity contribution in [3.8, 4) is 0 Å². The van der Waals surface area contributed by atoms with E-state index in [0.29, 0.717) is 6.04 Å². The van der Waals surface area contributed by atoms with Gasteiger partial charge in [-0.3, -0.25) is 0 Å². The molecule has 0 aliphatic heterocycles. The van der Waals surface area contributed by atoms with Crippen molar-refractivity contribution in [3.05, 3.63) is 35.4 Å². The summed E-state index contributed by atoms with van der Waals surface area (Å²) in [5, 5.41) is 0. The summed E-state index contributed by atoms with van der Waals surface area (Å²) in [6.45, 7) is 0. The Kier molecular flexibility index (Phi) is 2.14. The highest BCUT2D eigenvalue weighted by molar-refractivity contribution is 5.40. The number of nitrogens with two attached hydrogens (primary N) is 1. The van der Waals surface area contributed by atoms with Gasteiger partial charge in [-0.1, -0.05) is 30.7 Å². The van der Waals surface area contributed by atoms with Crippen LogP contribution in [0.5, 0.6) is 0 Å². The Balaban J connectivity index is 1.59. The number of fused-ring (bicyclic) bond motifs is 3. The second-order valence-corrected chi connectivity index (χ2v) is 6.27. The normalized spacial score (nSPS) is 36.6. The third-order valence-corrected chi connectivity index (χ3v) is 5.53. The fraction of sp³-hybridized carbons (Fsp3) is 0.625. The summed E-state index contributed by atoms with van der Waals surface area (Å²) in [7, 11) is 0. The number of hydrogen-bond acceptors (Lipinski definition) is 1. The molecular formula is C16H21N. The van der Waals surface area contributed by atoms with Gasteiger partial charge >= 0.3 is 0 Å². The zero-order valence-electron chi connectivity index (χ0n) is 10.3. The van der Waals surface area contributed by atoms with E-state index >= 15 is 0 Å². The largest absolute Gasteiger partial charge is 0.327 e. The lowest BCUT2D eigenvalue weighted by atomic mass is 9.77. The summed E-state index contributed by atoms with van der Waals surface area (Å²) < 4.78 is 0. The van der Waals surface area contributed by atoms with Crippen LogP contribution in [0.25, 0.3) is 0 Å². The number of benzene rings is 1. The maximum Gasteiger partial charge on any atom is 0.0104 e. The Morgan fingerprint density at radius 3 is 2.71 bits per heavy atom. The van der Waals surface area contributed by atoms with Gasteiger partial charge in [0.15, 0.2) is 0 Å². The molecule has 2 fully saturated rings. The molecule has 17 heavy (non-hydrogen) atoms. The van der Waals surface area contributed by atoms with Crippen LogP contribution in [0.15, 0.2) is 24.3 Å². The summed E-state index contributed by atoms with van der Waals surface area (Å²) in [5.41, 5.74) is 9.72. The molecule has 0 bridgehead atoms. The Morgan fingerprint density at radius 1 is 1.12 bits per heavy atom. The van der Waals surface area contributed by atoms with Crippen LogP contribution < -0.4 is 5.73 Å². The molecule has 4 unspecified atom stereocenters. The van der Waals surface area contributed by atoms with E-state index in [1.54, 1.807) is 11.1 Å². The molecule has 0 amide bonds. The predicted molar refractivity (Wildman–Crippen MR) is 69.8 cm³/mol. The first-order valence-corrected chi connectivity index (χ1v) is 7.19. The Labute approximate surface area is 103 Å². The Morgan fingerprint density at radius 2 is 1.94 bits per heavy atom. The fourth-order valence-corrected chi connectivity index (χ4v) is 4.28. The van der Waals surface area contributed by atoms with Crippen LogP contribution in [0.1, 0.15) is 42.7 Å². The highest BCUT2D eigenvalue weighted by atomic mass is 14.8. The van der Waals surface area contributed by atoms with Gasteiger partial charge < -0.3 is 5.73 Å². The van der Waals surface area contributed by atoms with Crippen LogP contribution in [0, 0.1) is 17.8 Å². The molecule has 0 spiro atoms. The highest BCUT2D eigenvalue weighted by Gasteiger charge is 2.56. The molecule has 0 saturated heterocycles. The average molecular weight is 227 g/mol. The molecular weight excluding hydrogens is 206 g/mol. The van der Waals surface area contributed by atoms with Crippen molar-refractivity contribution in [3.63, 3.8) is 0 Å². The number of hydrogen-bond donors (Lipinski definition) is 1. The summed E-state index contributed by atoms with van der Waals surface area (Å²) in [4.78, 5) is 0. The van der Waals surface area contributed by atoms with Gasteiger partial charge in [0.2, 0.25) is 0 Å². The van der Waals surface area contributed by atoms with Crippen molar-refractivity contribution in [1.29, 1.82) is 0 Å². The minimum atomic E-state index is 0.491. The first-order valence-electron chi connectivity index (χ1n) is 7.19. The zero-order chi connectivity index (χ0) is 11.4. The standard InChI is InChI=1S/C16H21N/c17-16(11-5-3-6-11)15-13-9-8-10-4-1-2-7-12(10)14(13)15/h1-2,4,7,11,13-16H,3,5-6,8-9,17H2. The monoisotopic (exact) mass is 227 g/mol. The van der Waals surface area contributed by atoms with Crippen LogP contribution in [0.2, 0.25) is 0 Å². The van der Waals surface area contributed by atoms with Crippen LogP contribution in [-0.4, -0.2) is 6.04 Å². The molecule has 0 heterocycles. The van der Waals surface area contributed by atoms with Crippen LogP contribution in [-0.2, 0) is 6.42 Å². The zero-order valence-corrected chi connectivity index (χ0v) is 10.3. The maximum absolute atomic E-state index is 6.50. The first-order chi connectivity index (χ1) is 8.36. The van der Waals surface area contributed by atoms with E-state index in [-0.39, 0.29) is 0 Å². The lowest BCUT2D eigenvalue weighted by Crippen LogP contribution is -2.37. The quantitative estimate of drug-likeness (QED) is 0.825. The molecule has 1 nitrogen and oxygen atoms in total. The van der Waals surface area contributed by atoms with Gasteiger partial charge in [0, 0.05) is 6.04 Å².